The van der Waals surface area contributed by atoms with Crippen LogP contribution >= 0.6 is 0 Å². The third-order valence-electron chi connectivity index (χ3n) is 4.51. The molecule has 1 unspecified atom stereocenters. The molecule has 1 amide bonds. The number of rotatable bonds is 4. The normalized spacial score (nSPS) is 20.7. The number of benzene rings is 1. The Bertz CT molecular complexity index is 781. The van der Waals surface area contributed by atoms with Gasteiger partial charge in [-0.2, -0.15) is 5.26 Å². The van der Waals surface area contributed by atoms with Gasteiger partial charge in [0.25, 0.3) is 0 Å². The topological polar surface area (TPSA) is 97.0 Å². The molecule has 7 nitrogen and oxygen atoms in total. The Morgan fingerprint density at radius 3 is 2.81 bits per heavy atom. The van der Waals surface area contributed by atoms with E-state index in [-0.39, 0.29) is 25.6 Å². The number of hydrogen-bond donors (Lipinski definition) is 2. The monoisotopic (exact) mass is 357 g/mol. The largest absolute Gasteiger partial charge is 0.483 e. The van der Waals surface area contributed by atoms with Crippen LogP contribution in [0.1, 0.15) is 25.0 Å². The summed E-state index contributed by atoms with van der Waals surface area (Å²) < 4.78 is 5.97. The lowest BCUT2D eigenvalue weighted by Crippen LogP contribution is -2.52. The van der Waals surface area contributed by atoms with Crippen LogP contribution in [-0.2, 0) is 4.79 Å². The number of β-amino-alcohol motifs (C(OH)–C–C–N with tert-alkyl or cyclic N) is 1. The fraction of sp³-hybridized carbons (Fsp3) is 0.474. The Balaban J connectivity index is 1.88. The summed E-state index contributed by atoms with van der Waals surface area (Å²) in [6.45, 7) is 5.01. The number of fused-ring (bicyclic) bond motifs is 1. The fourth-order valence-corrected chi connectivity index (χ4v) is 3.32. The third-order valence-corrected chi connectivity index (χ3v) is 4.51. The van der Waals surface area contributed by atoms with E-state index in [4.69, 9.17) is 9.84 Å². The zero-order chi connectivity index (χ0) is 18.9. The van der Waals surface area contributed by atoms with Gasteiger partial charge in [-0.1, -0.05) is 0 Å². The van der Waals surface area contributed by atoms with Gasteiger partial charge in [-0.05, 0) is 38.1 Å². The van der Waals surface area contributed by atoms with Crippen LogP contribution in [0.3, 0.4) is 0 Å². The summed E-state index contributed by atoms with van der Waals surface area (Å²) in [6, 6.07) is 7.33. The van der Waals surface area contributed by atoms with Gasteiger partial charge in [0, 0.05) is 25.2 Å². The molecule has 0 aromatic heterocycles. The predicted molar refractivity (Wildman–Crippen MR) is 95.1 cm³/mol. The molecule has 2 heterocycles. The number of amides is 1. The van der Waals surface area contributed by atoms with Gasteiger partial charge in [0.1, 0.15) is 11.4 Å². The fourth-order valence-electron chi connectivity index (χ4n) is 3.32. The molecule has 2 aliphatic rings. The molecule has 2 aliphatic heterocycles. The smallest absolute Gasteiger partial charge is 0.241 e. The first-order chi connectivity index (χ1) is 12.3. The number of carbonyl (C=O) groups excluding carboxylic acids is 1. The van der Waals surface area contributed by atoms with Gasteiger partial charge in [0.2, 0.25) is 5.91 Å². The number of carbonyl (C=O) groups is 1. The number of nitrogens with zero attached hydrogens (tertiary/aromatic N) is 3. The molecule has 0 spiro atoms. The van der Waals surface area contributed by atoms with Crippen LogP contribution in [0.15, 0.2) is 24.3 Å². The molecule has 1 fully saturated rings. The predicted octanol–water partition coefficient (Wildman–Crippen LogP) is 0.568. The SMILES string of the molecule is CC1(C)C=C(N2CCN(CC(O)CO)CC2=O)c2cc(C#N)ccc2O1. The summed E-state index contributed by atoms with van der Waals surface area (Å²) >= 11 is 0. The minimum absolute atomic E-state index is 0.0846. The molecule has 2 N–H and O–H groups in total. The van der Waals surface area contributed by atoms with Crippen LogP contribution in [-0.4, -0.2) is 70.4 Å². The lowest BCUT2D eigenvalue weighted by Gasteiger charge is -2.40. The van der Waals surface area contributed by atoms with Gasteiger partial charge in [0.15, 0.2) is 0 Å². The maximum absolute atomic E-state index is 12.7. The first-order valence-corrected chi connectivity index (χ1v) is 8.61. The highest BCUT2D eigenvalue weighted by Crippen LogP contribution is 2.38. The molecule has 1 saturated heterocycles. The molecule has 3 rings (SSSR count). The minimum atomic E-state index is -0.852. The highest BCUT2D eigenvalue weighted by Gasteiger charge is 2.34. The van der Waals surface area contributed by atoms with E-state index in [9.17, 15) is 15.2 Å². The van der Waals surface area contributed by atoms with E-state index in [1.165, 1.54) is 0 Å². The van der Waals surface area contributed by atoms with Gasteiger partial charge in [-0.25, -0.2) is 0 Å². The molecule has 138 valence electrons. The van der Waals surface area contributed by atoms with E-state index >= 15 is 0 Å². The maximum Gasteiger partial charge on any atom is 0.241 e. The standard InChI is InChI=1S/C19H23N3O4/c1-19(2)8-16(15-7-13(9-20)3-4-17(15)26-19)22-6-5-21(11-18(22)25)10-14(24)12-23/h3-4,7-8,14,23-24H,5-6,10-12H2,1-2H3. The van der Waals surface area contributed by atoms with Gasteiger partial charge in [0.05, 0.1) is 36.6 Å². The zero-order valence-electron chi connectivity index (χ0n) is 15.0. The van der Waals surface area contributed by atoms with Crippen molar-refractivity contribution in [2.75, 3.05) is 32.8 Å². The Hall–Kier alpha value is -2.40. The molecule has 0 aliphatic carbocycles. The number of aliphatic hydroxyl groups excluding tert-OH is 2. The van der Waals surface area contributed by atoms with Crippen LogP contribution in [0.5, 0.6) is 5.75 Å². The van der Waals surface area contributed by atoms with Crippen molar-refractivity contribution in [3.8, 4) is 11.8 Å². The van der Waals surface area contributed by atoms with E-state index in [2.05, 4.69) is 6.07 Å². The van der Waals surface area contributed by atoms with Gasteiger partial charge >= 0.3 is 0 Å². The van der Waals surface area contributed by atoms with Crippen molar-refractivity contribution in [3.63, 3.8) is 0 Å². The summed E-state index contributed by atoms with van der Waals surface area (Å²) in [4.78, 5) is 16.3. The van der Waals surface area contributed by atoms with Crippen LogP contribution in [0.25, 0.3) is 5.70 Å². The van der Waals surface area contributed by atoms with Gasteiger partial charge < -0.3 is 19.8 Å². The van der Waals surface area contributed by atoms with Crippen molar-refractivity contribution in [3.05, 3.63) is 35.4 Å². The van der Waals surface area contributed by atoms with Crippen LogP contribution < -0.4 is 4.74 Å². The van der Waals surface area contributed by atoms with E-state index in [0.29, 0.717) is 24.4 Å². The van der Waals surface area contributed by atoms with E-state index in [0.717, 1.165) is 11.3 Å². The molecule has 1 aromatic rings. The second-order valence-electron chi connectivity index (χ2n) is 7.17. The van der Waals surface area contributed by atoms with Crippen molar-refractivity contribution in [1.82, 2.24) is 9.80 Å². The van der Waals surface area contributed by atoms with Crippen LogP contribution in [0, 0.1) is 11.3 Å². The van der Waals surface area contributed by atoms with Crippen molar-refractivity contribution in [2.45, 2.75) is 25.6 Å². The molecule has 0 bridgehead atoms. The number of aliphatic hydroxyl groups is 2. The summed E-state index contributed by atoms with van der Waals surface area (Å²) in [5, 5.41) is 27.8. The Kier molecular flexibility index (Phi) is 5.01. The number of hydrogen-bond acceptors (Lipinski definition) is 6. The first-order valence-electron chi connectivity index (χ1n) is 8.61. The second-order valence-corrected chi connectivity index (χ2v) is 7.17. The van der Waals surface area contributed by atoms with Crippen molar-refractivity contribution >= 4 is 11.6 Å². The van der Waals surface area contributed by atoms with Crippen molar-refractivity contribution < 1.29 is 19.7 Å². The van der Waals surface area contributed by atoms with E-state index in [1.54, 1.807) is 23.1 Å². The molecular formula is C19H23N3O4. The Labute approximate surface area is 152 Å². The lowest BCUT2D eigenvalue weighted by atomic mass is 9.96. The number of nitriles is 1. The second kappa shape index (κ2) is 7.08. The van der Waals surface area contributed by atoms with E-state index in [1.807, 2.05) is 24.8 Å². The third kappa shape index (κ3) is 3.73. The lowest BCUT2D eigenvalue weighted by molar-refractivity contribution is -0.132. The van der Waals surface area contributed by atoms with E-state index < -0.39 is 11.7 Å². The Morgan fingerprint density at radius 2 is 2.15 bits per heavy atom. The number of piperazine rings is 1. The van der Waals surface area contributed by atoms with Crippen molar-refractivity contribution in [2.24, 2.45) is 0 Å². The van der Waals surface area contributed by atoms with Crippen LogP contribution in [0.4, 0.5) is 0 Å². The molecule has 0 saturated carbocycles. The molecule has 0 radical (unpaired) electrons. The quantitative estimate of drug-likeness (QED) is 0.818. The molecule has 26 heavy (non-hydrogen) atoms. The highest BCUT2D eigenvalue weighted by atomic mass is 16.5. The summed E-state index contributed by atoms with van der Waals surface area (Å²) in [6.07, 6.45) is 1.06. The molecule has 7 heteroatoms. The van der Waals surface area contributed by atoms with Gasteiger partial charge in [-0.15, -0.1) is 0 Å². The molecule has 1 aromatic carbocycles. The van der Waals surface area contributed by atoms with Gasteiger partial charge in [-0.3, -0.25) is 9.69 Å². The number of ether oxygens (including phenoxy) is 1. The molecule has 1 atom stereocenters. The van der Waals surface area contributed by atoms with Crippen LogP contribution in [0.2, 0.25) is 0 Å². The zero-order valence-corrected chi connectivity index (χ0v) is 15.0. The summed E-state index contributed by atoms with van der Waals surface area (Å²) in [7, 11) is 0. The Morgan fingerprint density at radius 1 is 1.38 bits per heavy atom. The average molecular weight is 357 g/mol. The highest BCUT2D eigenvalue weighted by molar-refractivity contribution is 5.90. The summed E-state index contributed by atoms with van der Waals surface area (Å²) in [5.74, 6) is 0.566. The first kappa shape index (κ1) is 18.4. The molecular weight excluding hydrogens is 334 g/mol. The average Bonchev–Trinajstić information content (AvgIpc) is 2.60. The maximum atomic E-state index is 12.7. The van der Waals surface area contributed by atoms with Crippen molar-refractivity contribution in [1.29, 1.82) is 5.26 Å². The summed E-state index contributed by atoms with van der Waals surface area (Å²) in [5.41, 5.74) is 1.43. The minimum Gasteiger partial charge on any atom is -0.483 e.